The van der Waals surface area contributed by atoms with Gasteiger partial charge in [0.2, 0.25) is 0 Å². The van der Waals surface area contributed by atoms with E-state index in [1.165, 1.54) is 12.1 Å². The quantitative estimate of drug-likeness (QED) is 0.828. The van der Waals surface area contributed by atoms with Gasteiger partial charge in [0.05, 0.1) is 5.56 Å². The Morgan fingerprint density at radius 3 is 2.35 bits per heavy atom. The molecule has 1 aromatic rings. The minimum atomic E-state index is -0.567. The Labute approximate surface area is 103 Å². The fourth-order valence-electron chi connectivity index (χ4n) is 1.52. The second-order valence-corrected chi connectivity index (χ2v) is 4.88. The van der Waals surface area contributed by atoms with Gasteiger partial charge in [-0.25, -0.2) is 4.79 Å². The third-order valence-corrected chi connectivity index (χ3v) is 3.26. The molecule has 0 spiro atoms. The highest BCUT2D eigenvalue weighted by Gasteiger charge is 2.17. The summed E-state index contributed by atoms with van der Waals surface area (Å²) in [5.41, 5.74) is 0.140. The molecule has 0 aliphatic carbocycles. The second kappa shape index (κ2) is 5.29. The summed E-state index contributed by atoms with van der Waals surface area (Å²) in [5.74, 6) is 0.970. The topological polar surface area (TPSA) is 70.0 Å². The van der Waals surface area contributed by atoms with Crippen molar-refractivity contribution in [1.29, 1.82) is 0 Å². The van der Waals surface area contributed by atoms with E-state index in [1.807, 2.05) is 11.8 Å². The van der Waals surface area contributed by atoms with Crippen LogP contribution in [0.2, 0.25) is 0 Å². The number of carbonyl (C=O) groups is 1. The first-order chi connectivity index (χ1) is 8.15. The lowest BCUT2D eigenvalue weighted by Crippen LogP contribution is -2.34. The molecule has 2 rings (SSSR count). The maximum atomic E-state index is 11.7. The number of rotatable bonds is 2. The molecule has 0 unspecified atom stereocenters. The van der Waals surface area contributed by atoms with Crippen LogP contribution in [0.25, 0.3) is 0 Å². The monoisotopic (exact) mass is 255 g/mol. The highest BCUT2D eigenvalue weighted by atomic mass is 32.2. The first kappa shape index (κ1) is 12.1. The van der Waals surface area contributed by atoms with Gasteiger partial charge in [0.15, 0.2) is 0 Å². The van der Waals surface area contributed by atoms with Crippen LogP contribution < -0.4 is 0 Å². The molecular formula is C11H13NO4S. The van der Waals surface area contributed by atoms with Crippen molar-refractivity contribution in [2.75, 3.05) is 24.6 Å². The van der Waals surface area contributed by atoms with Crippen molar-refractivity contribution in [3.8, 4) is 11.5 Å². The van der Waals surface area contributed by atoms with Gasteiger partial charge in [0.1, 0.15) is 11.5 Å². The average Bonchev–Trinajstić information content (AvgIpc) is 2.29. The van der Waals surface area contributed by atoms with Gasteiger partial charge in [-0.3, -0.25) is 0 Å². The first-order valence-electron chi connectivity index (χ1n) is 5.23. The van der Waals surface area contributed by atoms with Gasteiger partial charge < -0.3 is 15.1 Å². The number of phenolic OH excluding ortho intramolecular Hbond substituents is 2. The molecular weight excluding hydrogens is 242 g/mol. The van der Waals surface area contributed by atoms with Crippen molar-refractivity contribution in [3.05, 3.63) is 23.8 Å². The van der Waals surface area contributed by atoms with Crippen molar-refractivity contribution in [1.82, 2.24) is 5.06 Å². The van der Waals surface area contributed by atoms with Crippen molar-refractivity contribution >= 4 is 17.7 Å². The molecule has 17 heavy (non-hydrogen) atoms. The molecule has 1 saturated heterocycles. The maximum Gasteiger partial charge on any atom is 0.357 e. The Hall–Kier alpha value is -1.40. The summed E-state index contributed by atoms with van der Waals surface area (Å²) in [5, 5.41) is 20.1. The molecule has 0 aromatic heterocycles. The SMILES string of the molecule is O=C(ON1CCSCC1)c1cc(O)cc(O)c1. The van der Waals surface area contributed by atoms with Crippen LogP contribution in [0, 0.1) is 0 Å². The smallest absolute Gasteiger partial charge is 0.357 e. The summed E-state index contributed by atoms with van der Waals surface area (Å²) < 4.78 is 0. The molecule has 0 bridgehead atoms. The summed E-state index contributed by atoms with van der Waals surface area (Å²) in [6.07, 6.45) is 0. The molecule has 0 atom stereocenters. The molecule has 5 nitrogen and oxygen atoms in total. The van der Waals surface area contributed by atoms with Gasteiger partial charge in [-0.15, -0.1) is 5.06 Å². The van der Waals surface area contributed by atoms with E-state index in [4.69, 9.17) is 4.84 Å². The lowest BCUT2D eigenvalue weighted by Gasteiger charge is -2.24. The Morgan fingerprint density at radius 2 is 1.76 bits per heavy atom. The third kappa shape index (κ3) is 3.28. The van der Waals surface area contributed by atoms with Crippen LogP contribution in [0.1, 0.15) is 10.4 Å². The van der Waals surface area contributed by atoms with Crippen LogP contribution in [-0.2, 0) is 4.84 Å². The number of hydroxylamine groups is 2. The summed E-state index contributed by atoms with van der Waals surface area (Å²) in [7, 11) is 0. The molecule has 92 valence electrons. The molecule has 2 N–H and O–H groups in total. The number of hydrogen-bond donors (Lipinski definition) is 2. The van der Waals surface area contributed by atoms with E-state index >= 15 is 0 Å². The molecule has 1 heterocycles. The predicted octanol–water partition coefficient (Wildman–Crippen LogP) is 1.22. The number of carbonyl (C=O) groups excluding carboxylic acids is 1. The van der Waals surface area contributed by atoms with Crippen LogP contribution in [0.3, 0.4) is 0 Å². The normalized spacial score (nSPS) is 16.7. The van der Waals surface area contributed by atoms with Gasteiger partial charge in [0, 0.05) is 30.7 Å². The maximum absolute atomic E-state index is 11.7. The number of hydrogen-bond acceptors (Lipinski definition) is 6. The summed E-state index contributed by atoms with van der Waals surface area (Å²) in [4.78, 5) is 16.9. The van der Waals surface area contributed by atoms with E-state index in [1.54, 1.807) is 5.06 Å². The molecule has 0 amide bonds. The third-order valence-electron chi connectivity index (χ3n) is 2.32. The lowest BCUT2D eigenvalue weighted by atomic mass is 10.2. The number of nitrogens with zero attached hydrogens (tertiary/aromatic N) is 1. The van der Waals surface area contributed by atoms with Crippen LogP contribution >= 0.6 is 11.8 Å². The largest absolute Gasteiger partial charge is 0.508 e. The fourth-order valence-corrected chi connectivity index (χ4v) is 2.39. The molecule has 6 heteroatoms. The average molecular weight is 255 g/mol. The molecule has 1 aliphatic heterocycles. The lowest BCUT2D eigenvalue weighted by molar-refractivity contribution is -0.103. The minimum Gasteiger partial charge on any atom is -0.508 e. The Bertz CT molecular complexity index is 398. The van der Waals surface area contributed by atoms with E-state index in [0.717, 1.165) is 17.6 Å². The van der Waals surface area contributed by atoms with Crippen LogP contribution in [0.5, 0.6) is 11.5 Å². The van der Waals surface area contributed by atoms with Crippen molar-refractivity contribution in [2.24, 2.45) is 0 Å². The van der Waals surface area contributed by atoms with E-state index < -0.39 is 5.97 Å². The molecule has 1 aliphatic rings. The first-order valence-corrected chi connectivity index (χ1v) is 6.38. The summed E-state index contributed by atoms with van der Waals surface area (Å²) in [6, 6.07) is 3.69. The van der Waals surface area contributed by atoms with Gasteiger partial charge >= 0.3 is 5.97 Å². The Morgan fingerprint density at radius 1 is 1.18 bits per heavy atom. The number of benzene rings is 1. The van der Waals surface area contributed by atoms with E-state index in [-0.39, 0.29) is 17.1 Å². The molecule has 1 aromatic carbocycles. The van der Waals surface area contributed by atoms with E-state index in [2.05, 4.69) is 0 Å². The zero-order chi connectivity index (χ0) is 12.3. The zero-order valence-electron chi connectivity index (χ0n) is 9.13. The van der Waals surface area contributed by atoms with Crippen molar-refractivity contribution in [2.45, 2.75) is 0 Å². The highest BCUT2D eigenvalue weighted by Crippen LogP contribution is 2.21. The van der Waals surface area contributed by atoms with Crippen LogP contribution in [0.15, 0.2) is 18.2 Å². The Balaban J connectivity index is 2.03. The summed E-state index contributed by atoms with van der Waals surface area (Å²) in [6.45, 7) is 1.39. The van der Waals surface area contributed by atoms with Gasteiger partial charge in [-0.1, -0.05) is 0 Å². The van der Waals surface area contributed by atoms with E-state index in [0.29, 0.717) is 13.1 Å². The van der Waals surface area contributed by atoms with Gasteiger partial charge in [-0.2, -0.15) is 11.8 Å². The van der Waals surface area contributed by atoms with Crippen LogP contribution in [-0.4, -0.2) is 45.8 Å². The van der Waals surface area contributed by atoms with Crippen molar-refractivity contribution in [3.63, 3.8) is 0 Å². The number of thioether (sulfide) groups is 1. The van der Waals surface area contributed by atoms with Crippen molar-refractivity contribution < 1.29 is 19.8 Å². The number of phenols is 2. The van der Waals surface area contributed by atoms with E-state index in [9.17, 15) is 15.0 Å². The standard InChI is InChI=1S/C11H13NO4S/c13-9-5-8(6-10(14)7-9)11(15)16-12-1-3-17-4-2-12/h5-7,13-14H,1-4H2. The number of aromatic hydroxyl groups is 2. The van der Waals surface area contributed by atoms with Gasteiger partial charge in [-0.05, 0) is 12.1 Å². The molecule has 1 fully saturated rings. The van der Waals surface area contributed by atoms with Crippen LogP contribution in [0.4, 0.5) is 0 Å². The Kier molecular flexibility index (Phi) is 3.75. The predicted molar refractivity (Wildman–Crippen MR) is 64.1 cm³/mol. The molecule has 0 radical (unpaired) electrons. The van der Waals surface area contributed by atoms with Gasteiger partial charge in [0.25, 0.3) is 0 Å². The minimum absolute atomic E-state index is 0.140. The zero-order valence-corrected chi connectivity index (χ0v) is 9.94. The highest BCUT2D eigenvalue weighted by molar-refractivity contribution is 7.99. The summed E-state index contributed by atoms with van der Waals surface area (Å²) >= 11 is 1.81. The second-order valence-electron chi connectivity index (χ2n) is 3.66. The molecule has 0 saturated carbocycles. The fraction of sp³-hybridized carbons (Fsp3) is 0.364.